The summed E-state index contributed by atoms with van der Waals surface area (Å²) in [6, 6.07) is 0. The average molecular weight is 265 g/mol. The van der Waals surface area contributed by atoms with Crippen molar-refractivity contribution in [2.45, 2.75) is 23.6 Å². The van der Waals surface area contributed by atoms with Gasteiger partial charge in [-0.05, 0) is 0 Å². The number of fused-ring (bicyclic) bond motifs is 1. The normalized spacial score (nSPS) is 38.3. The number of nitrogens with zero attached hydrogens (tertiary/aromatic N) is 1. The van der Waals surface area contributed by atoms with Crippen molar-refractivity contribution >= 4 is 10.8 Å². The van der Waals surface area contributed by atoms with Gasteiger partial charge in [0, 0.05) is 16.6 Å². The smallest absolute Gasteiger partial charge is 0.136 e. The van der Waals surface area contributed by atoms with Crippen LogP contribution in [0, 0.1) is 0 Å². The van der Waals surface area contributed by atoms with Crippen molar-refractivity contribution in [1.29, 1.82) is 0 Å². The maximum absolute atomic E-state index is 11.8. The lowest BCUT2D eigenvalue weighted by molar-refractivity contribution is -0.507. The first kappa shape index (κ1) is 13.1. The van der Waals surface area contributed by atoms with E-state index in [-0.39, 0.29) is 23.4 Å². The lowest BCUT2D eigenvalue weighted by Gasteiger charge is -2.17. The number of rotatable bonds is 5. The highest BCUT2D eigenvalue weighted by atomic mass is 32.2. The Morgan fingerprint density at radius 2 is 2.12 bits per heavy atom. The van der Waals surface area contributed by atoms with E-state index in [0.717, 1.165) is 0 Å². The van der Waals surface area contributed by atoms with Gasteiger partial charge in [0.15, 0.2) is 0 Å². The highest BCUT2D eigenvalue weighted by Gasteiger charge is 2.50. The number of ether oxygens (including phenoxy) is 2. The minimum absolute atomic E-state index is 0.175. The topological polar surface area (TPSA) is 88.5 Å². The van der Waals surface area contributed by atoms with Crippen molar-refractivity contribution in [2.24, 2.45) is 0 Å². The van der Waals surface area contributed by atoms with Crippen molar-refractivity contribution in [3.05, 3.63) is 12.7 Å². The second-order valence-corrected chi connectivity index (χ2v) is 5.57. The van der Waals surface area contributed by atoms with Crippen LogP contribution in [0.4, 0.5) is 0 Å². The maximum Gasteiger partial charge on any atom is 0.136 e. The van der Waals surface area contributed by atoms with Gasteiger partial charge in [-0.2, -0.15) is 0 Å². The van der Waals surface area contributed by atoms with Gasteiger partial charge in [-0.15, -0.1) is 6.58 Å². The van der Waals surface area contributed by atoms with Crippen LogP contribution < -0.4 is 0 Å². The van der Waals surface area contributed by atoms with Gasteiger partial charge in [-0.25, -0.2) is 4.84 Å². The van der Waals surface area contributed by atoms with E-state index in [1.54, 1.807) is 6.08 Å². The van der Waals surface area contributed by atoms with Crippen molar-refractivity contribution in [3.63, 3.8) is 0 Å². The Labute approximate surface area is 101 Å². The highest BCUT2D eigenvalue weighted by molar-refractivity contribution is 7.85. The summed E-state index contributed by atoms with van der Waals surface area (Å²) in [7, 11) is -1.10. The fourth-order valence-corrected chi connectivity index (χ4v) is 3.35. The van der Waals surface area contributed by atoms with Gasteiger partial charge < -0.3 is 9.47 Å². The molecule has 2 saturated heterocycles. The molecule has 1 unspecified atom stereocenters. The summed E-state index contributed by atoms with van der Waals surface area (Å²) < 4.78 is 22.7. The van der Waals surface area contributed by atoms with Crippen LogP contribution in [0.2, 0.25) is 0 Å². The molecular formula is C9H15NO6S. The summed E-state index contributed by atoms with van der Waals surface area (Å²) >= 11 is 0. The van der Waals surface area contributed by atoms with Crippen LogP contribution in [-0.2, 0) is 25.1 Å². The Balaban J connectivity index is 1.96. The molecule has 2 rings (SSSR count). The monoisotopic (exact) mass is 265 g/mol. The molecule has 0 aromatic carbocycles. The molecule has 2 N–H and O–H groups in total. The van der Waals surface area contributed by atoms with Gasteiger partial charge in [0.2, 0.25) is 0 Å². The standard InChI is InChI=1S/C9H15NO6S/c1-2-3-17(13)7-5-15-8-6(16-10(11)12)4-14-9(7)8/h2,6-9,11-12H,1,3-5H2/t6-,7+,8-,9-,17?/m1/s1. The molecule has 17 heavy (non-hydrogen) atoms. The molecule has 2 aliphatic heterocycles. The second-order valence-electron chi connectivity index (χ2n) is 3.87. The quantitative estimate of drug-likeness (QED) is 0.510. The van der Waals surface area contributed by atoms with Crippen molar-refractivity contribution in [1.82, 2.24) is 5.39 Å². The van der Waals surface area contributed by atoms with E-state index in [0.29, 0.717) is 12.4 Å². The summed E-state index contributed by atoms with van der Waals surface area (Å²) in [5.74, 6) is 0.387. The Morgan fingerprint density at radius 3 is 2.76 bits per heavy atom. The molecule has 0 amide bonds. The molecule has 0 spiro atoms. The molecule has 5 atom stereocenters. The van der Waals surface area contributed by atoms with E-state index in [1.165, 1.54) is 0 Å². The first-order valence-corrected chi connectivity index (χ1v) is 6.57. The molecule has 8 heteroatoms. The highest BCUT2D eigenvalue weighted by Crippen LogP contribution is 2.31. The second kappa shape index (κ2) is 5.53. The molecule has 0 aromatic heterocycles. The van der Waals surface area contributed by atoms with E-state index in [9.17, 15) is 4.21 Å². The zero-order valence-corrected chi connectivity index (χ0v) is 9.91. The predicted molar refractivity (Wildman–Crippen MR) is 56.8 cm³/mol. The van der Waals surface area contributed by atoms with Crippen molar-refractivity contribution in [3.8, 4) is 0 Å². The van der Waals surface area contributed by atoms with Crippen LogP contribution in [0.5, 0.6) is 0 Å². The van der Waals surface area contributed by atoms with Gasteiger partial charge in [-0.3, -0.25) is 14.6 Å². The average Bonchev–Trinajstić information content (AvgIpc) is 2.80. The molecule has 7 nitrogen and oxygen atoms in total. The molecule has 2 heterocycles. The zero-order chi connectivity index (χ0) is 12.4. The molecule has 0 radical (unpaired) electrons. The molecule has 2 aliphatic rings. The third-order valence-electron chi connectivity index (χ3n) is 2.81. The van der Waals surface area contributed by atoms with Gasteiger partial charge in [0.1, 0.15) is 18.3 Å². The van der Waals surface area contributed by atoms with E-state index in [1.807, 2.05) is 0 Å². The third kappa shape index (κ3) is 2.74. The first-order chi connectivity index (χ1) is 8.13. The lowest BCUT2D eigenvalue weighted by Crippen LogP contribution is -2.37. The molecule has 0 aliphatic carbocycles. The van der Waals surface area contributed by atoms with Crippen LogP contribution in [-0.4, -0.2) is 62.5 Å². The molecular weight excluding hydrogens is 250 g/mol. The Hall–Kier alpha value is -0.350. The number of hydrogen-bond acceptors (Lipinski definition) is 7. The van der Waals surface area contributed by atoms with Crippen LogP contribution >= 0.6 is 0 Å². The van der Waals surface area contributed by atoms with E-state index < -0.39 is 23.0 Å². The Kier molecular flexibility index (Phi) is 4.26. The van der Waals surface area contributed by atoms with E-state index >= 15 is 0 Å². The van der Waals surface area contributed by atoms with Crippen molar-refractivity contribution in [2.75, 3.05) is 19.0 Å². The zero-order valence-electron chi connectivity index (χ0n) is 9.10. The van der Waals surface area contributed by atoms with Gasteiger partial charge in [-0.1, -0.05) is 6.08 Å². The fraction of sp³-hybridized carbons (Fsp3) is 0.778. The SMILES string of the molecule is C=CCS(=O)[C@H]1CO[C@H]2[C@@H]1OC[C@H]2ON(O)O. The van der Waals surface area contributed by atoms with Crippen LogP contribution in [0.1, 0.15) is 0 Å². The summed E-state index contributed by atoms with van der Waals surface area (Å²) in [4.78, 5) is 4.69. The minimum atomic E-state index is -1.10. The Bertz CT molecular complexity index is 312. The van der Waals surface area contributed by atoms with Gasteiger partial charge >= 0.3 is 0 Å². The van der Waals surface area contributed by atoms with E-state index in [2.05, 4.69) is 11.4 Å². The fourth-order valence-electron chi connectivity index (χ4n) is 2.11. The molecule has 98 valence electrons. The van der Waals surface area contributed by atoms with E-state index in [4.69, 9.17) is 19.9 Å². The van der Waals surface area contributed by atoms with Crippen LogP contribution in [0.15, 0.2) is 12.7 Å². The summed E-state index contributed by atoms with van der Waals surface area (Å²) in [5.41, 5.74) is 0. The van der Waals surface area contributed by atoms with Gasteiger partial charge in [0.05, 0.1) is 23.9 Å². The Morgan fingerprint density at radius 1 is 1.41 bits per heavy atom. The third-order valence-corrected chi connectivity index (χ3v) is 4.46. The molecule has 0 saturated carbocycles. The molecule has 2 fully saturated rings. The van der Waals surface area contributed by atoms with Crippen LogP contribution in [0.3, 0.4) is 0 Å². The maximum atomic E-state index is 11.8. The summed E-state index contributed by atoms with van der Waals surface area (Å²) in [6.45, 7) is 4.03. The summed E-state index contributed by atoms with van der Waals surface area (Å²) in [6.07, 6.45) is 0.243. The molecule has 0 aromatic rings. The largest absolute Gasteiger partial charge is 0.371 e. The lowest BCUT2D eigenvalue weighted by atomic mass is 10.1. The first-order valence-electron chi connectivity index (χ1n) is 5.19. The van der Waals surface area contributed by atoms with Crippen molar-refractivity contribution < 1.29 is 28.9 Å². The number of hydrogen-bond donors (Lipinski definition) is 2. The summed E-state index contributed by atoms with van der Waals surface area (Å²) in [5, 5.41) is 16.6. The van der Waals surface area contributed by atoms with Gasteiger partial charge in [0.25, 0.3) is 0 Å². The van der Waals surface area contributed by atoms with Crippen LogP contribution in [0.25, 0.3) is 0 Å². The molecule has 0 bridgehead atoms. The predicted octanol–water partition coefficient (Wildman–Crippen LogP) is -0.532. The minimum Gasteiger partial charge on any atom is -0.371 e.